The molecule has 3 aromatic rings. The second kappa shape index (κ2) is 8.36. The number of nitrogens with zero attached hydrogens (tertiary/aromatic N) is 2. The lowest BCUT2D eigenvalue weighted by atomic mass is 10.1. The van der Waals surface area contributed by atoms with Gasteiger partial charge in [0.2, 0.25) is 18.6 Å². The molecule has 1 N–H and O–H groups in total. The number of amides is 1. The van der Waals surface area contributed by atoms with E-state index in [0.29, 0.717) is 33.5 Å². The van der Waals surface area contributed by atoms with Crippen molar-refractivity contribution < 1.29 is 28.2 Å². The minimum absolute atomic E-state index is 0.0411. The first kappa shape index (κ1) is 20.2. The molecular formula is C19H17N3O6S2. The Labute approximate surface area is 179 Å². The summed E-state index contributed by atoms with van der Waals surface area (Å²) in [6.45, 7) is 3.88. The molecule has 0 unspecified atom stereocenters. The fraction of sp³-hybridized carbons (Fsp3) is 0.263. The zero-order valence-electron chi connectivity index (χ0n) is 16.3. The lowest BCUT2D eigenvalue weighted by molar-refractivity contribution is -0.113. The van der Waals surface area contributed by atoms with Crippen LogP contribution in [0.3, 0.4) is 0 Å². The topological polar surface area (TPSA) is 113 Å². The Bertz CT molecular complexity index is 1120. The van der Waals surface area contributed by atoms with Crippen molar-refractivity contribution in [2.45, 2.75) is 19.1 Å². The number of hydrogen-bond acceptors (Lipinski definition) is 10. The molecule has 1 aliphatic heterocycles. The molecule has 30 heavy (non-hydrogen) atoms. The van der Waals surface area contributed by atoms with Crippen LogP contribution >= 0.6 is 23.1 Å². The normalized spacial score (nSPS) is 12.1. The summed E-state index contributed by atoms with van der Waals surface area (Å²) in [5.74, 6) is 0.851. The Balaban J connectivity index is 1.40. The first-order chi connectivity index (χ1) is 14.5. The van der Waals surface area contributed by atoms with Gasteiger partial charge in [-0.15, -0.1) is 21.5 Å². The van der Waals surface area contributed by atoms with Gasteiger partial charge in [0.25, 0.3) is 5.22 Å². The van der Waals surface area contributed by atoms with Crippen molar-refractivity contribution in [1.82, 2.24) is 10.2 Å². The van der Waals surface area contributed by atoms with Gasteiger partial charge >= 0.3 is 5.97 Å². The largest absolute Gasteiger partial charge is 0.465 e. The molecule has 0 radical (unpaired) electrons. The molecule has 1 amide bonds. The monoisotopic (exact) mass is 447 g/mol. The molecule has 11 heteroatoms. The highest BCUT2D eigenvalue weighted by atomic mass is 32.2. The molecule has 2 aromatic heterocycles. The molecule has 0 saturated heterocycles. The number of thiophene rings is 1. The van der Waals surface area contributed by atoms with Crippen LogP contribution in [0.4, 0.5) is 5.00 Å². The van der Waals surface area contributed by atoms with E-state index in [1.54, 1.807) is 18.2 Å². The summed E-state index contributed by atoms with van der Waals surface area (Å²) in [5.41, 5.74) is 1.86. The molecule has 1 aromatic carbocycles. The van der Waals surface area contributed by atoms with Crippen LogP contribution in [-0.2, 0) is 9.53 Å². The highest BCUT2D eigenvalue weighted by Gasteiger charge is 2.22. The van der Waals surface area contributed by atoms with Crippen molar-refractivity contribution in [2.24, 2.45) is 0 Å². The summed E-state index contributed by atoms with van der Waals surface area (Å²) >= 11 is 2.43. The molecule has 0 bridgehead atoms. The van der Waals surface area contributed by atoms with E-state index in [4.69, 9.17) is 18.6 Å². The van der Waals surface area contributed by atoms with Gasteiger partial charge in [0.1, 0.15) is 5.00 Å². The van der Waals surface area contributed by atoms with Gasteiger partial charge in [0, 0.05) is 10.4 Å². The number of hydrogen-bond donors (Lipinski definition) is 1. The quantitative estimate of drug-likeness (QED) is 0.447. The number of nitrogens with one attached hydrogen (secondary N) is 1. The number of ether oxygens (including phenoxy) is 3. The number of fused-ring (bicyclic) bond motifs is 1. The van der Waals surface area contributed by atoms with Gasteiger partial charge in [-0.05, 0) is 37.6 Å². The molecule has 0 saturated carbocycles. The van der Waals surface area contributed by atoms with Crippen molar-refractivity contribution >= 4 is 40.0 Å². The maximum atomic E-state index is 12.4. The Morgan fingerprint density at radius 1 is 1.23 bits per heavy atom. The lowest BCUT2D eigenvalue weighted by Crippen LogP contribution is -2.16. The van der Waals surface area contributed by atoms with Gasteiger partial charge in [-0.25, -0.2) is 4.79 Å². The number of rotatable bonds is 6. The molecule has 0 aliphatic carbocycles. The summed E-state index contributed by atoms with van der Waals surface area (Å²) in [6, 6.07) is 5.32. The molecule has 1 aliphatic rings. The maximum absolute atomic E-state index is 12.4. The van der Waals surface area contributed by atoms with E-state index in [1.807, 2.05) is 13.8 Å². The number of aromatic nitrogens is 2. The number of benzene rings is 1. The van der Waals surface area contributed by atoms with Crippen molar-refractivity contribution in [1.29, 1.82) is 0 Å². The number of esters is 1. The second-order valence-electron chi connectivity index (χ2n) is 6.26. The fourth-order valence-electron chi connectivity index (χ4n) is 2.77. The van der Waals surface area contributed by atoms with E-state index < -0.39 is 5.97 Å². The Kier molecular flexibility index (Phi) is 5.64. The predicted octanol–water partition coefficient (Wildman–Crippen LogP) is 3.66. The molecule has 156 valence electrons. The number of carbonyl (C=O) groups is 2. The van der Waals surface area contributed by atoms with Crippen LogP contribution in [0.25, 0.3) is 11.5 Å². The van der Waals surface area contributed by atoms with Crippen LogP contribution in [0.15, 0.2) is 27.8 Å². The van der Waals surface area contributed by atoms with Gasteiger partial charge in [0.05, 0.1) is 18.4 Å². The minimum Gasteiger partial charge on any atom is -0.465 e. The number of methoxy groups -OCH3 is 1. The molecule has 0 fully saturated rings. The van der Waals surface area contributed by atoms with E-state index in [-0.39, 0.29) is 23.7 Å². The Morgan fingerprint density at radius 3 is 2.83 bits per heavy atom. The van der Waals surface area contributed by atoms with E-state index >= 15 is 0 Å². The third kappa shape index (κ3) is 3.98. The van der Waals surface area contributed by atoms with Crippen LogP contribution in [0, 0.1) is 13.8 Å². The Hall–Kier alpha value is -3.05. The molecule has 0 atom stereocenters. The first-order valence-corrected chi connectivity index (χ1v) is 10.6. The standard InChI is InChI=1S/C19H17N3O6S2/c1-9-10(2)30-17(15(9)18(24)25-3)20-14(23)7-29-19-22-21-16(28-19)11-4-5-12-13(6-11)27-8-26-12/h4-6H,7-8H2,1-3H3,(H,20,23). The van der Waals surface area contributed by atoms with Crippen molar-refractivity contribution in [3.8, 4) is 23.0 Å². The smallest absolute Gasteiger partial charge is 0.341 e. The van der Waals surface area contributed by atoms with Crippen molar-refractivity contribution in [2.75, 3.05) is 25.0 Å². The van der Waals surface area contributed by atoms with Crippen LogP contribution in [-0.4, -0.2) is 41.7 Å². The summed E-state index contributed by atoms with van der Waals surface area (Å²) in [6.07, 6.45) is 0. The number of carbonyl (C=O) groups excluding carboxylic acids is 2. The number of anilines is 1. The molecule has 4 rings (SSSR count). The number of aryl methyl sites for hydroxylation is 1. The highest BCUT2D eigenvalue weighted by Crippen LogP contribution is 2.36. The van der Waals surface area contributed by atoms with Gasteiger partial charge in [-0.2, -0.15) is 0 Å². The Morgan fingerprint density at radius 2 is 2.03 bits per heavy atom. The minimum atomic E-state index is -0.481. The average Bonchev–Trinajstić information content (AvgIpc) is 3.45. The van der Waals surface area contributed by atoms with E-state index in [2.05, 4.69) is 15.5 Å². The zero-order valence-corrected chi connectivity index (χ0v) is 17.9. The van der Waals surface area contributed by atoms with Gasteiger partial charge in [-0.1, -0.05) is 11.8 Å². The van der Waals surface area contributed by atoms with Gasteiger partial charge in [-0.3, -0.25) is 4.79 Å². The summed E-state index contributed by atoms with van der Waals surface area (Å²) in [4.78, 5) is 25.3. The number of thioether (sulfide) groups is 1. The zero-order chi connectivity index (χ0) is 21.3. The van der Waals surface area contributed by atoms with Crippen molar-refractivity contribution in [3.63, 3.8) is 0 Å². The van der Waals surface area contributed by atoms with Crippen LogP contribution in [0.2, 0.25) is 0 Å². The van der Waals surface area contributed by atoms with E-state index in [9.17, 15) is 9.59 Å². The van der Waals surface area contributed by atoms with Crippen LogP contribution < -0.4 is 14.8 Å². The third-order valence-electron chi connectivity index (χ3n) is 4.38. The highest BCUT2D eigenvalue weighted by molar-refractivity contribution is 7.99. The van der Waals surface area contributed by atoms with Crippen LogP contribution in [0.5, 0.6) is 11.5 Å². The summed E-state index contributed by atoms with van der Waals surface area (Å²) in [5, 5.41) is 11.5. The maximum Gasteiger partial charge on any atom is 0.341 e. The molecule has 3 heterocycles. The van der Waals surface area contributed by atoms with E-state index in [0.717, 1.165) is 22.2 Å². The van der Waals surface area contributed by atoms with E-state index in [1.165, 1.54) is 18.4 Å². The molecular weight excluding hydrogens is 430 g/mol. The SMILES string of the molecule is COC(=O)c1c(NC(=O)CSc2nnc(-c3ccc4c(c3)OCO4)o2)sc(C)c1C. The van der Waals surface area contributed by atoms with Crippen molar-refractivity contribution in [3.05, 3.63) is 34.2 Å². The van der Waals surface area contributed by atoms with Crippen LogP contribution in [0.1, 0.15) is 20.8 Å². The molecule has 9 nitrogen and oxygen atoms in total. The molecule has 0 spiro atoms. The van der Waals surface area contributed by atoms with Gasteiger partial charge < -0.3 is 23.9 Å². The fourth-order valence-corrected chi connectivity index (χ4v) is 4.40. The predicted molar refractivity (Wildman–Crippen MR) is 110 cm³/mol. The summed E-state index contributed by atoms with van der Waals surface area (Å²) in [7, 11) is 1.31. The van der Waals surface area contributed by atoms with Gasteiger partial charge in [0.15, 0.2) is 11.5 Å². The average molecular weight is 447 g/mol. The second-order valence-corrected chi connectivity index (χ2v) is 8.41. The summed E-state index contributed by atoms with van der Waals surface area (Å²) < 4.78 is 21.1. The first-order valence-electron chi connectivity index (χ1n) is 8.80. The third-order valence-corrected chi connectivity index (χ3v) is 6.32. The lowest BCUT2D eigenvalue weighted by Gasteiger charge is -2.05.